The minimum atomic E-state index is -3.17. The first-order valence-corrected chi connectivity index (χ1v) is 6.88. The smallest absolute Gasteiger partial charge is 0.156 e. The van der Waals surface area contributed by atoms with Crippen molar-refractivity contribution >= 4 is 9.84 Å². The molecule has 0 N–H and O–H groups in total. The summed E-state index contributed by atoms with van der Waals surface area (Å²) in [5, 5.41) is 0. The van der Waals surface area contributed by atoms with Crippen LogP contribution in [0.15, 0.2) is 24.3 Å². The van der Waals surface area contributed by atoms with Crippen LogP contribution < -0.4 is 0 Å². The van der Waals surface area contributed by atoms with Crippen LogP contribution in [0.2, 0.25) is 0 Å². The van der Waals surface area contributed by atoms with Gasteiger partial charge >= 0.3 is 0 Å². The van der Waals surface area contributed by atoms with Crippen LogP contribution in [0.5, 0.6) is 0 Å². The Morgan fingerprint density at radius 1 is 1.25 bits per heavy atom. The summed E-state index contributed by atoms with van der Waals surface area (Å²) in [6.45, 7) is 2.53. The van der Waals surface area contributed by atoms with Gasteiger partial charge < -0.3 is 4.74 Å². The van der Waals surface area contributed by atoms with E-state index in [1.807, 2.05) is 6.92 Å². The van der Waals surface area contributed by atoms with Gasteiger partial charge in [-0.3, -0.25) is 0 Å². The van der Waals surface area contributed by atoms with Crippen LogP contribution in [0.4, 0.5) is 4.39 Å². The molecule has 5 heteroatoms. The lowest BCUT2D eigenvalue weighted by molar-refractivity contribution is 0.163. The highest BCUT2D eigenvalue weighted by molar-refractivity contribution is 7.90. The Morgan fingerprint density at radius 3 is 2.44 bits per heavy atom. The van der Waals surface area contributed by atoms with Crippen molar-refractivity contribution in [3.63, 3.8) is 0 Å². The molecule has 16 heavy (non-hydrogen) atoms. The lowest BCUT2D eigenvalue weighted by atomic mass is 10.2. The average molecular weight is 246 g/mol. The molecule has 0 saturated carbocycles. The normalized spacial score (nSPS) is 11.6. The van der Waals surface area contributed by atoms with E-state index in [0.717, 1.165) is 0 Å². The average Bonchev–Trinajstić information content (AvgIpc) is 2.21. The van der Waals surface area contributed by atoms with Crippen LogP contribution in [0.3, 0.4) is 0 Å². The summed E-state index contributed by atoms with van der Waals surface area (Å²) in [5.74, 6) is -0.436. The van der Waals surface area contributed by atoms with E-state index in [9.17, 15) is 12.8 Å². The predicted octanol–water partition coefficient (Wildman–Crippen LogP) is 1.78. The van der Waals surface area contributed by atoms with Gasteiger partial charge in [0, 0.05) is 6.61 Å². The van der Waals surface area contributed by atoms with Gasteiger partial charge in [-0.25, -0.2) is 12.8 Å². The Bertz CT molecular complexity index is 411. The van der Waals surface area contributed by atoms with Crippen LogP contribution in [0.1, 0.15) is 12.5 Å². The molecule has 0 fully saturated rings. The van der Waals surface area contributed by atoms with Crippen molar-refractivity contribution in [2.24, 2.45) is 0 Å². The van der Waals surface area contributed by atoms with Gasteiger partial charge in [0.1, 0.15) is 5.82 Å². The van der Waals surface area contributed by atoms with Gasteiger partial charge in [-0.15, -0.1) is 0 Å². The molecule has 1 aromatic rings. The fourth-order valence-corrected chi connectivity index (χ4v) is 2.45. The largest absolute Gasteiger partial charge is 0.381 e. The summed E-state index contributed by atoms with van der Waals surface area (Å²) in [4.78, 5) is 0. The van der Waals surface area contributed by atoms with Gasteiger partial charge in [0.05, 0.1) is 18.1 Å². The quantitative estimate of drug-likeness (QED) is 0.719. The van der Waals surface area contributed by atoms with Crippen molar-refractivity contribution in [3.8, 4) is 0 Å². The van der Waals surface area contributed by atoms with E-state index in [-0.39, 0.29) is 23.9 Å². The van der Waals surface area contributed by atoms with Gasteiger partial charge in [0.25, 0.3) is 0 Å². The van der Waals surface area contributed by atoms with Gasteiger partial charge in [-0.1, -0.05) is 12.1 Å². The first kappa shape index (κ1) is 13.1. The molecule has 0 amide bonds. The molecule has 0 radical (unpaired) electrons. The molecule has 1 aromatic carbocycles. The maximum atomic E-state index is 12.6. The molecule has 0 aliphatic rings. The fourth-order valence-electron chi connectivity index (χ4n) is 1.24. The van der Waals surface area contributed by atoms with E-state index < -0.39 is 9.84 Å². The Hall–Kier alpha value is -0.940. The van der Waals surface area contributed by atoms with Crippen LogP contribution in [0, 0.1) is 5.82 Å². The second-order valence-electron chi connectivity index (χ2n) is 3.42. The molecule has 0 aliphatic carbocycles. The van der Waals surface area contributed by atoms with Crippen molar-refractivity contribution in [2.45, 2.75) is 12.7 Å². The molecule has 0 aromatic heterocycles. The number of hydrogen-bond acceptors (Lipinski definition) is 3. The summed E-state index contributed by atoms with van der Waals surface area (Å²) in [5.41, 5.74) is 0.595. The molecular formula is C11H15FO3S. The first-order chi connectivity index (χ1) is 7.53. The number of hydrogen-bond donors (Lipinski definition) is 0. The zero-order valence-electron chi connectivity index (χ0n) is 9.15. The van der Waals surface area contributed by atoms with Crippen LogP contribution >= 0.6 is 0 Å². The molecule has 0 spiro atoms. The maximum Gasteiger partial charge on any atom is 0.156 e. The molecule has 0 atom stereocenters. The van der Waals surface area contributed by atoms with Crippen LogP contribution in [0.25, 0.3) is 0 Å². The summed E-state index contributed by atoms with van der Waals surface area (Å²) < 4.78 is 40.8. The van der Waals surface area contributed by atoms with Crippen molar-refractivity contribution in [2.75, 3.05) is 19.0 Å². The fraction of sp³-hybridized carbons (Fsp3) is 0.455. The van der Waals surface area contributed by atoms with Crippen molar-refractivity contribution in [1.82, 2.24) is 0 Å². The third-order valence-electron chi connectivity index (χ3n) is 2.04. The molecule has 0 aliphatic heterocycles. The third-order valence-corrected chi connectivity index (χ3v) is 3.60. The van der Waals surface area contributed by atoms with Crippen molar-refractivity contribution in [1.29, 1.82) is 0 Å². The lowest BCUT2D eigenvalue weighted by Crippen LogP contribution is -2.14. The van der Waals surface area contributed by atoms with Crippen LogP contribution in [-0.2, 0) is 20.3 Å². The zero-order chi connectivity index (χ0) is 12.0. The highest BCUT2D eigenvalue weighted by atomic mass is 32.2. The Labute approximate surface area is 95.2 Å². The minimum absolute atomic E-state index is 0.00177. The summed E-state index contributed by atoms with van der Waals surface area (Å²) >= 11 is 0. The van der Waals surface area contributed by atoms with Crippen LogP contribution in [-0.4, -0.2) is 27.4 Å². The summed E-state index contributed by atoms with van der Waals surface area (Å²) in [7, 11) is -3.17. The molecule has 0 saturated heterocycles. The topological polar surface area (TPSA) is 43.4 Å². The monoisotopic (exact) mass is 246 g/mol. The number of sulfone groups is 1. The van der Waals surface area contributed by atoms with Gasteiger partial charge in [0.2, 0.25) is 0 Å². The highest BCUT2D eigenvalue weighted by Crippen LogP contribution is 2.08. The highest BCUT2D eigenvalue weighted by Gasteiger charge is 2.11. The van der Waals surface area contributed by atoms with Gasteiger partial charge in [-0.05, 0) is 24.6 Å². The molecule has 3 nitrogen and oxygen atoms in total. The second kappa shape index (κ2) is 5.96. The van der Waals surface area contributed by atoms with E-state index in [1.165, 1.54) is 24.3 Å². The molecule has 0 unspecified atom stereocenters. The molecular weight excluding hydrogens is 231 g/mol. The summed E-state index contributed by atoms with van der Waals surface area (Å²) in [6, 6.07) is 5.47. The van der Waals surface area contributed by atoms with E-state index in [2.05, 4.69) is 0 Å². The van der Waals surface area contributed by atoms with Gasteiger partial charge in [0.15, 0.2) is 9.84 Å². The zero-order valence-corrected chi connectivity index (χ0v) is 9.97. The number of ether oxygens (including phenoxy) is 1. The number of rotatable bonds is 6. The van der Waals surface area contributed by atoms with Crippen molar-refractivity contribution < 1.29 is 17.5 Å². The maximum absolute atomic E-state index is 12.6. The molecule has 1 rings (SSSR count). The van der Waals surface area contributed by atoms with Crippen molar-refractivity contribution in [3.05, 3.63) is 35.6 Å². The lowest BCUT2D eigenvalue weighted by Gasteiger charge is -2.04. The van der Waals surface area contributed by atoms with E-state index in [1.54, 1.807) is 0 Å². The molecule has 0 bridgehead atoms. The third kappa shape index (κ3) is 4.72. The Morgan fingerprint density at radius 2 is 1.88 bits per heavy atom. The van der Waals surface area contributed by atoms with E-state index in [4.69, 9.17) is 4.74 Å². The number of benzene rings is 1. The van der Waals surface area contributed by atoms with E-state index >= 15 is 0 Å². The number of halogens is 1. The molecule has 0 heterocycles. The summed E-state index contributed by atoms with van der Waals surface area (Å²) in [6.07, 6.45) is 0. The SMILES string of the molecule is CCOCCS(=O)(=O)Cc1ccc(F)cc1. The van der Waals surface area contributed by atoms with Gasteiger partial charge in [-0.2, -0.15) is 0 Å². The standard InChI is InChI=1S/C11H15FO3S/c1-2-15-7-8-16(13,14)9-10-3-5-11(12)6-4-10/h3-6H,2,7-9H2,1H3. The minimum Gasteiger partial charge on any atom is -0.381 e. The van der Waals surface area contributed by atoms with E-state index in [0.29, 0.717) is 12.2 Å². The Balaban J connectivity index is 2.55. The predicted molar refractivity (Wildman–Crippen MR) is 60.4 cm³/mol. The Kier molecular flexibility index (Phi) is 4.89. The molecule has 90 valence electrons. The second-order valence-corrected chi connectivity index (χ2v) is 5.60. The first-order valence-electron chi connectivity index (χ1n) is 5.06.